The maximum atomic E-state index is 12.5. The molecule has 0 saturated carbocycles. The zero-order valence-electron chi connectivity index (χ0n) is 12.7. The van der Waals surface area contributed by atoms with Crippen LogP contribution in [0.5, 0.6) is 0 Å². The van der Waals surface area contributed by atoms with Gasteiger partial charge in [-0.25, -0.2) is 0 Å². The zero-order chi connectivity index (χ0) is 15.4. The van der Waals surface area contributed by atoms with Gasteiger partial charge in [-0.1, -0.05) is 12.1 Å². The fourth-order valence-corrected chi connectivity index (χ4v) is 2.65. The molecular weight excluding hydrogens is 282 g/mol. The summed E-state index contributed by atoms with van der Waals surface area (Å²) in [5, 5.41) is 0. The summed E-state index contributed by atoms with van der Waals surface area (Å²) < 4.78 is 1.88. The van der Waals surface area contributed by atoms with E-state index in [2.05, 4.69) is 24.3 Å². The molecule has 0 saturated heterocycles. The van der Waals surface area contributed by atoms with Crippen molar-refractivity contribution in [3.05, 3.63) is 47.8 Å². The van der Waals surface area contributed by atoms with Gasteiger partial charge in [0.05, 0.1) is 5.69 Å². The van der Waals surface area contributed by atoms with Gasteiger partial charge in [-0.3, -0.25) is 4.79 Å². The van der Waals surface area contributed by atoms with Gasteiger partial charge in [-0.15, -0.1) is 11.8 Å². The number of amides is 1. The van der Waals surface area contributed by atoms with Crippen LogP contribution in [0.4, 0.5) is 5.69 Å². The summed E-state index contributed by atoms with van der Waals surface area (Å²) >= 11 is 1.71. The molecule has 21 heavy (non-hydrogen) atoms. The van der Waals surface area contributed by atoms with Crippen LogP contribution >= 0.6 is 11.8 Å². The quantitative estimate of drug-likeness (QED) is 0.864. The van der Waals surface area contributed by atoms with Gasteiger partial charge in [-0.05, 0) is 36.9 Å². The topological polar surface area (TPSA) is 51.3 Å². The highest BCUT2D eigenvalue weighted by Gasteiger charge is 2.16. The molecule has 0 aliphatic carbocycles. The Bertz CT molecular complexity index is 619. The Morgan fingerprint density at radius 3 is 2.57 bits per heavy atom. The maximum Gasteiger partial charge on any atom is 0.270 e. The van der Waals surface area contributed by atoms with E-state index in [0.29, 0.717) is 17.9 Å². The monoisotopic (exact) mass is 303 g/mol. The molecule has 112 valence electrons. The molecule has 0 radical (unpaired) electrons. The van der Waals surface area contributed by atoms with Gasteiger partial charge in [0.1, 0.15) is 5.69 Å². The second kappa shape index (κ2) is 6.72. The lowest BCUT2D eigenvalue weighted by Gasteiger charge is -2.18. The number of aromatic nitrogens is 1. The summed E-state index contributed by atoms with van der Waals surface area (Å²) in [6.07, 6.45) is 3.85. The van der Waals surface area contributed by atoms with Crippen LogP contribution < -0.4 is 5.73 Å². The van der Waals surface area contributed by atoms with Crippen LogP contribution in [0.3, 0.4) is 0 Å². The summed E-state index contributed by atoms with van der Waals surface area (Å²) in [4.78, 5) is 15.5. The Labute approximate surface area is 129 Å². The summed E-state index contributed by atoms with van der Waals surface area (Å²) in [7, 11) is 1.81. The van der Waals surface area contributed by atoms with E-state index in [-0.39, 0.29) is 5.91 Å². The molecule has 0 unspecified atom stereocenters. The van der Waals surface area contributed by atoms with Crippen molar-refractivity contribution in [2.75, 3.05) is 19.0 Å². The number of rotatable bonds is 5. The number of nitrogens with zero attached hydrogens (tertiary/aromatic N) is 2. The van der Waals surface area contributed by atoms with E-state index < -0.39 is 0 Å². The molecule has 1 heterocycles. The number of nitrogen functional groups attached to an aromatic ring is 1. The Morgan fingerprint density at radius 1 is 1.33 bits per heavy atom. The summed E-state index contributed by atoms with van der Waals surface area (Å²) in [6, 6.07) is 10.0. The zero-order valence-corrected chi connectivity index (χ0v) is 13.5. The Balaban J connectivity index is 2.11. The normalized spacial score (nSPS) is 10.6. The van der Waals surface area contributed by atoms with E-state index in [9.17, 15) is 4.79 Å². The average Bonchev–Trinajstić information content (AvgIpc) is 2.88. The van der Waals surface area contributed by atoms with Crippen LogP contribution in [0.2, 0.25) is 0 Å². The summed E-state index contributed by atoms with van der Waals surface area (Å²) in [5.74, 6) is -0.0116. The number of carbonyl (C=O) groups is 1. The third kappa shape index (κ3) is 3.61. The molecule has 0 aliphatic heterocycles. The first-order chi connectivity index (χ1) is 10.0. The van der Waals surface area contributed by atoms with Crippen LogP contribution in [-0.2, 0) is 13.1 Å². The number of hydrogen-bond donors (Lipinski definition) is 1. The maximum absolute atomic E-state index is 12.5. The van der Waals surface area contributed by atoms with Crippen LogP contribution in [0.15, 0.2) is 41.4 Å². The number of carbonyl (C=O) groups excluding carboxylic acids is 1. The predicted molar refractivity (Wildman–Crippen MR) is 88.5 cm³/mol. The van der Waals surface area contributed by atoms with Gasteiger partial charge in [0.25, 0.3) is 5.91 Å². The molecule has 0 atom stereocenters. The SMILES string of the molecule is CCn1cc(N)cc1C(=O)N(C)Cc1ccc(SC)cc1. The number of anilines is 1. The number of thioether (sulfide) groups is 1. The molecule has 4 nitrogen and oxygen atoms in total. The predicted octanol–water partition coefficient (Wildman–Crippen LogP) is 3.08. The van der Waals surface area contributed by atoms with Crippen molar-refractivity contribution in [3.8, 4) is 0 Å². The van der Waals surface area contributed by atoms with Crippen LogP contribution in [0, 0.1) is 0 Å². The Hall–Kier alpha value is -1.88. The highest BCUT2D eigenvalue weighted by atomic mass is 32.2. The molecule has 0 spiro atoms. The second-order valence-corrected chi connectivity index (χ2v) is 5.83. The fourth-order valence-electron chi connectivity index (χ4n) is 2.25. The first-order valence-corrected chi connectivity index (χ1v) is 8.11. The minimum atomic E-state index is -0.0116. The third-order valence-electron chi connectivity index (χ3n) is 3.40. The van der Waals surface area contributed by atoms with E-state index in [0.717, 1.165) is 12.1 Å². The number of nitrogens with two attached hydrogens (primary N) is 1. The van der Waals surface area contributed by atoms with Gasteiger partial charge in [0.2, 0.25) is 0 Å². The molecule has 0 fully saturated rings. The molecule has 1 aromatic carbocycles. The lowest BCUT2D eigenvalue weighted by atomic mass is 10.2. The number of aryl methyl sites for hydroxylation is 1. The van der Waals surface area contributed by atoms with E-state index in [1.54, 1.807) is 28.9 Å². The number of benzene rings is 1. The molecule has 0 bridgehead atoms. The molecule has 1 aromatic heterocycles. The molecule has 2 rings (SSSR count). The molecule has 5 heteroatoms. The van der Waals surface area contributed by atoms with Crippen molar-refractivity contribution < 1.29 is 4.79 Å². The highest BCUT2D eigenvalue weighted by Crippen LogP contribution is 2.17. The van der Waals surface area contributed by atoms with Crippen molar-refractivity contribution in [1.29, 1.82) is 0 Å². The van der Waals surface area contributed by atoms with E-state index in [1.807, 2.05) is 24.8 Å². The lowest BCUT2D eigenvalue weighted by molar-refractivity contribution is 0.0774. The summed E-state index contributed by atoms with van der Waals surface area (Å²) in [6.45, 7) is 3.31. The largest absolute Gasteiger partial charge is 0.397 e. The van der Waals surface area contributed by atoms with Crippen molar-refractivity contribution in [1.82, 2.24) is 9.47 Å². The smallest absolute Gasteiger partial charge is 0.270 e. The van der Waals surface area contributed by atoms with E-state index in [4.69, 9.17) is 5.73 Å². The first kappa shape index (κ1) is 15.5. The standard InChI is InChI=1S/C16H21N3OS/c1-4-19-11-13(17)9-15(19)16(20)18(2)10-12-5-7-14(21-3)8-6-12/h5-9,11H,4,10,17H2,1-3H3. The van der Waals surface area contributed by atoms with E-state index >= 15 is 0 Å². The van der Waals surface area contributed by atoms with Gasteiger partial charge < -0.3 is 15.2 Å². The fraction of sp³-hybridized carbons (Fsp3) is 0.312. The molecule has 2 N–H and O–H groups in total. The molecule has 0 aliphatic rings. The van der Waals surface area contributed by atoms with Crippen molar-refractivity contribution in [2.45, 2.75) is 24.9 Å². The molecule has 1 amide bonds. The Morgan fingerprint density at radius 2 is 2.00 bits per heavy atom. The minimum absolute atomic E-state index is 0.0116. The van der Waals surface area contributed by atoms with Crippen molar-refractivity contribution >= 4 is 23.4 Å². The number of hydrogen-bond acceptors (Lipinski definition) is 3. The van der Waals surface area contributed by atoms with Crippen LogP contribution in [0.1, 0.15) is 23.0 Å². The van der Waals surface area contributed by atoms with Crippen molar-refractivity contribution in [3.63, 3.8) is 0 Å². The lowest BCUT2D eigenvalue weighted by Crippen LogP contribution is -2.28. The minimum Gasteiger partial charge on any atom is -0.397 e. The first-order valence-electron chi connectivity index (χ1n) is 6.89. The van der Waals surface area contributed by atoms with E-state index in [1.165, 1.54) is 4.90 Å². The third-order valence-corrected chi connectivity index (χ3v) is 4.15. The summed E-state index contributed by atoms with van der Waals surface area (Å²) in [5.41, 5.74) is 8.16. The van der Waals surface area contributed by atoms with Crippen molar-refractivity contribution in [2.24, 2.45) is 0 Å². The van der Waals surface area contributed by atoms with Gasteiger partial charge in [0, 0.05) is 31.2 Å². The highest BCUT2D eigenvalue weighted by molar-refractivity contribution is 7.98. The molecular formula is C16H21N3OS. The van der Waals surface area contributed by atoms with Gasteiger partial charge >= 0.3 is 0 Å². The second-order valence-electron chi connectivity index (χ2n) is 4.95. The Kier molecular flexibility index (Phi) is 4.96. The van der Waals surface area contributed by atoms with Gasteiger partial charge in [0.15, 0.2) is 0 Å². The molecule has 2 aromatic rings. The van der Waals surface area contributed by atoms with Crippen LogP contribution in [-0.4, -0.2) is 28.7 Å². The van der Waals surface area contributed by atoms with Gasteiger partial charge in [-0.2, -0.15) is 0 Å². The average molecular weight is 303 g/mol. The van der Waals surface area contributed by atoms with Crippen LogP contribution in [0.25, 0.3) is 0 Å².